The zero-order valence-corrected chi connectivity index (χ0v) is 14.6. The number of nitrogens with zero attached hydrogens (tertiary/aromatic N) is 1. The summed E-state index contributed by atoms with van der Waals surface area (Å²) >= 11 is 0. The fourth-order valence-corrected chi connectivity index (χ4v) is 2.50. The van der Waals surface area contributed by atoms with Crippen LogP contribution < -0.4 is 4.74 Å². The molecule has 1 amide bonds. The monoisotopic (exact) mass is 327 g/mol. The number of aliphatic hydroxyl groups excluding tert-OH is 1. The topological polar surface area (TPSA) is 49.8 Å². The van der Waals surface area contributed by atoms with Gasteiger partial charge in [-0.3, -0.25) is 4.79 Å². The summed E-state index contributed by atoms with van der Waals surface area (Å²) < 4.78 is 5.72. The zero-order valence-electron chi connectivity index (χ0n) is 14.6. The predicted molar refractivity (Wildman–Crippen MR) is 94.9 cm³/mol. The summed E-state index contributed by atoms with van der Waals surface area (Å²) in [5.74, 6) is 0.490. The smallest absolute Gasteiger partial charge is 0.263 e. The van der Waals surface area contributed by atoms with E-state index in [1.807, 2.05) is 68.4 Å². The van der Waals surface area contributed by atoms with Crippen LogP contribution in [0.25, 0.3) is 0 Å². The van der Waals surface area contributed by atoms with Crippen LogP contribution in [0, 0.1) is 6.92 Å². The second-order valence-electron chi connectivity index (χ2n) is 6.12. The molecule has 0 fully saturated rings. The lowest BCUT2D eigenvalue weighted by Gasteiger charge is -2.31. The van der Waals surface area contributed by atoms with Crippen LogP contribution in [0.15, 0.2) is 54.6 Å². The molecule has 3 atom stereocenters. The first-order chi connectivity index (χ1) is 11.4. The van der Waals surface area contributed by atoms with Gasteiger partial charge in [0, 0.05) is 7.05 Å². The first kappa shape index (κ1) is 18.0. The fraction of sp³-hybridized carbons (Fsp3) is 0.350. The van der Waals surface area contributed by atoms with Crippen molar-refractivity contribution >= 4 is 5.91 Å². The lowest BCUT2D eigenvalue weighted by molar-refractivity contribution is -0.140. The SMILES string of the molecule is Cc1ccc(OC(C)C(=O)N(C)C(C)C(O)c2ccccc2)cc1. The number of hydrogen-bond donors (Lipinski definition) is 1. The third-order valence-corrected chi connectivity index (χ3v) is 4.24. The van der Waals surface area contributed by atoms with Gasteiger partial charge in [-0.05, 0) is 38.5 Å². The van der Waals surface area contributed by atoms with Gasteiger partial charge in [0.1, 0.15) is 5.75 Å². The number of aryl methyl sites for hydroxylation is 1. The molecule has 4 nitrogen and oxygen atoms in total. The predicted octanol–water partition coefficient (Wildman–Crippen LogP) is 3.34. The van der Waals surface area contributed by atoms with E-state index in [9.17, 15) is 9.90 Å². The van der Waals surface area contributed by atoms with Crippen LogP contribution in [0.2, 0.25) is 0 Å². The molecule has 0 aliphatic rings. The number of rotatable bonds is 6. The number of aliphatic hydroxyl groups is 1. The van der Waals surface area contributed by atoms with E-state index < -0.39 is 12.2 Å². The molecular weight excluding hydrogens is 302 g/mol. The van der Waals surface area contributed by atoms with Gasteiger partial charge in [-0.1, -0.05) is 48.0 Å². The molecule has 0 heterocycles. The summed E-state index contributed by atoms with van der Waals surface area (Å²) in [6.45, 7) is 5.55. The molecule has 0 bridgehead atoms. The first-order valence-corrected chi connectivity index (χ1v) is 8.13. The highest BCUT2D eigenvalue weighted by Crippen LogP contribution is 2.21. The van der Waals surface area contributed by atoms with Gasteiger partial charge in [0.2, 0.25) is 0 Å². The summed E-state index contributed by atoms with van der Waals surface area (Å²) in [6.07, 6.45) is -1.37. The standard InChI is InChI=1S/C20H25NO3/c1-14-10-12-18(13-11-14)24-16(3)20(23)21(4)15(2)19(22)17-8-6-5-7-9-17/h5-13,15-16,19,22H,1-4H3. The highest BCUT2D eigenvalue weighted by atomic mass is 16.5. The average Bonchev–Trinajstić information content (AvgIpc) is 2.61. The van der Waals surface area contributed by atoms with E-state index in [-0.39, 0.29) is 11.9 Å². The number of hydrogen-bond acceptors (Lipinski definition) is 3. The summed E-state index contributed by atoms with van der Waals surface area (Å²) in [4.78, 5) is 14.1. The number of carbonyl (C=O) groups excluding carboxylic acids is 1. The Kier molecular flexibility index (Phi) is 5.99. The van der Waals surface area contributed by atoms with Crippen LogP contribution >= 0.6 is 0 Å². The first-order valence-electron chi connectivity index (χ1n) is 8.13. The number of benzene rings is 2. The van der Waals surface area contributed by atoms with Crippen molar-refractivity contribution in [3.8, 4) is 5.75 Å². The summed E-state index contributed by atoms with van der Waals surface area (Å²) in [5, 5.41) is 10.5. The van der Waals surface area contributed by atoms with E-state index in [0.29, 0.717) is 5.75 Å². The van der Waals surface area contributed by atoms with Crippen molar-refractivity contribution in [1.82, 2.24) is 4.90 Å². The van der Waals surface area contributed by atoms with Crippen molar-refractivity contribution in [2.75, 3.05) is 7.05 Å². The Bertz CT molecular complexity index is 654. The number of amides is 1. The fourth-order valence-electron chi connectivity index (χ4n) is 2.50. The van der Waals surface area contributed by atoms with Crippen LogP contribution in [0.3, 0.4) is 0 Å². The molecule has 0 aromatic heterocycles. The Morgan fingerprint density at radius 1 is 1.04 bits per heavy atom. The molecule has 0 aliphatic carbocycles. The van der Waals surface area contributed by atoms with Crippen molar-refractivity contribution < 1.29 is 14.6 Å². The quantitative estimate of drug-likeness (QED) is 0.885. The van der Waals surface area contributed by atoms with E-state index in [4.69, 9.17) is 4.74 Å². The molecule has 128 valence electrons. The van der Waals surface area contributed by atoms with Gasteiger partial charge in [-0.15, -0.1) is 0 Å². The van der Waals surface area contributed by atoms with Crippen molar-refractivity contribution in [1.29, 1.82) is 0 Å². The van der Waals surface area contributed by atoms with Gasteiger partial charge >= 0.3 is 0 Å². The van der Waals surface area contributed by atoms with Crippen LogP contribution in [-0.2, 0) is 4.79 Å². The van der Waals surface area contributed by atoms with E-state index >= 15 is 0 Å². The lowest BCUT2D eigenvalue weighted by atomic mass is 10.0. The maximum absolute atomic E-state index is 12.6. The maximum Gasteiger partial charge on any atom is 0.263 e. The van der Waals surface area contributed by atoms with Gasteiger partial charge < -0.3 is 14.7 Å². The van der Waals surface area contributed by atoms with Crippen molar-refractivity contribution in [3.63, 3.8) is 0 Å². The molecule has 0 aliphatic heterocycles. The Morgan fingerprint density at radius 2 is 1.62 bits per heavy atom. The van der Waals surface area contributed by atoms with Gasteiger partial charge in [0.15, 0.2) is 6.10 Å². The molecule has 4 heteroatoms. The minimum absolute atomic E-state index is 0.168. The maximum atomic E-state index is 12.6. The lowest BCUT2D eigenvalue weighted by Crippen LogP contribution is -2.45. The summed E-state index contributed by atoms with van der Waals surface area (Å²) in [6, 6.07) is 16.6. The highest BCUT2D eigenvalue weighted by molar-refractivity contribution is 5.81. The molecule has 2 rings (SSSR count). The summed E-state index contributed by atoms with van der Waals surface area (Å²) in [5.41, 5.74) is 1.93. The van der Waals surface area contributed by atoms with Crippen LogP contribution in [0.5, 0.6) is 5.75 Å². The largest absolute Gasteiger partial charge is 0.481 e. The van der Waals surface area contributed by atoms with E-state index in [1.165, 1.54) is 4.90 Å². The van der Waals surface area contributed by atoms with Gasteiger partial charge in [-0.2, -0.15) is 0 Å². The highest BCUT2D eigenvalue weighted by Gasteiger charge is 2.27. The van der Waals surface area contributed by atoms with Gasteiger partial charge in [-0.25, -0.2) is 0 Å². The number of carbonyl (C=O) groups is 1. The molecule has 2 aromatic rings. The van der Waals surface area contributed by atoms with Crippen LogP contribution in [0.4, 0.5) is 0 Å². The second-order valence-corrected chi connectivity index (χ2v) is 6.12. The number of likely N-dealkylation sites (N-methyl/N-ethyl adjacent to an activating group) is 1. The molecule has 2 aromatic carbocycles. The molecule has 0 saturated heterocycles. The zero-order chi connectivity index (χ0) is 17.7. The Hall–Kier alpha value is -2.33. The van der Waals surface area contributed by atoms with Crippen LogP contribution in [-0.4, -0.2) is 35.1 Å². The molecule has 0 radical (unpaired) electrons. The molecular formula is C20H25NO3. The summed E-state index contributed by atoms with van der Waals surface area (Å²) in [7, 11) is 1.69. The van der Waals surface area contributed by atoms with Crippen molar-refractivity contribution in [2.24, 2.45) is 0 Å². The van der Waals surface area contributed by atoms with Crippen molar-refractivity contribution in [2.45, 2.75) is 39.0 Å². The third-order valence-electron chi connectivity index (χ3n) is 4.24. The Balaban J connectivity index is 2.00. The van der Waals surface area contributed by atoms with Gasteiger partial charge in [0.05, 0.1) is 12.1 Å². The molecule has 0 saturated carbocycles. The average molecular weight is 327 g/mol. The molecule has 0 spiro atoms. The van der Waals surface area contributed by atoms with Gasteiger partial charge in [0.25, 0.3) is 5.91 Å². The third kappa shape index (κ3) is 4.36. The van der Waals surface area contributed by atoms with E-state index in [0.717, 1.165) is 11.1 Å². The van der Waals surface area contributed by atoms with E-state index in [1.54, 1.807) is 14.0 Å². The Labute approximate surface area is 143 Å². The Morgan fingerprint density at radius 3 is 2.21 bits per heavy atom. The van der Waals surface area contributed by atoms with E-state index in [2.05, 4.69) is 0 Å². The molecule has 24 heavy (non-hydrogen) atoms. The minimum atomic E-state index is -0.744. The normalized spacial score (nSPS) is 14.5. The molecule has 1 N–H and O–H groups in total. The van der Waals surface area contributed by atoms with Crippen molar-refractivity contribution in [3.05, 3.63) is 65.7 Å². The second kappa shape index (κ2) is 7.97. The van der Waals surface area contributed by atoms with Crippen LogP contribution in [0.1, 0.15) is 31.1 Å². The molecule has 3 unspecified atom stereocenters. The number of ether oxygens (including phenoxy) is 1. The minimum Gasteiger partial charge on any atom is -0.481 e.